The number of anilines is 1. The van der Waals surface area contributed by atoms with Crippen LogP contribution in [0.4, 0.5) is 5.69 Å². The highest BCUT2D eigenvalue weighted by Crippen LogP contribution is 2.32. The lowest BCUT2D eigenvalue weighted by molar-refractivity contribution is 0.385. The number of hydrogen-bond acceptors (Lipinski definition) is 5. The van der Waals surface area contributed by atoms with E-state index >= 15 is 0 Å². The summed E-state index contributed by atoms with van der Waals surface area (Å²) in [5, 5.41) is 4.09. The van der Waals surface area contributed by atoms with Crippen molar-refractivity contribution in [2.24, 2.45) is 0 Å². The fourth-order valence-corrected chi connectivity index (χ4v) is 2.45. The number of rotatable bonds is 2. The second-order valence-corrected chi connectivity index (χ2v) is 4.76. The van der Waals surface area contributed by atoms with Crippen LogP contribution in [0.25, 0.3) is 11.5 Å². The van der Waals surface area contributed by atoms with Crippen LogP contribution in [0.3, 0.4) is 0 Å². The first-order valence-electron chi connectivity index (χ1n) is 6.38. The van der Waals surface area contributed by atoms with Crippen LogP contribution in [0, 0.1) is 0 Å². The summed E-state index contributed by atoms with van der Waals surface area (Å²) >= 11 is 0. The number of aromatic nitrogens is 3. The third-order valence-electron chi connectivity index (χ3n) is 3.50. The molecule has 2 aromatic heterocycles. The molecule has 2 aromatic rings. The lowest BCUT2D eigenvalue weighted by Gasteiger charge is -2.17. The van der Waals surface area contributed by atoms with Crippen molar-refractivity contribution in [1.29, 1.82) is 0 Å². The molecule has 1 saturated carbocycles. The zero-order valence-corrected chi connectivity index (χ0v) is 11.4. The van der Waals surface area contributed by atoms with Crippen molar-refractivity contribution >= 4 is 18.1 Å². The van der Waals surface area contributed by atoms with Crippen molar-refractivity contribution in [3.05, 3.63) is 24.3 Å². The number of nitrogens with zero attached hydrogens (tertiary/aromatic N) is 3. The van der Waals surface area contributed by atoms with E-state index in [1.165, 1.54) is 19.3 Å². The van der Waals surface area contributed by atoms with E-state index in [9.17, 15) is 0 Å². The predicted octanol–water partition coefficient (Wildman–Crippen LogP) is 3.18. The Morgan fingerprint density at radius 3 is 2.74 bits per heavy atom. The molecule has 0 amide bonds. The van der Waals surface area contributed by atoms with Gasteiger partial charge in [-0.05, 0) is 18.9 Å². The van der Waals surface area contributed by atoms with E-state index in [1.54, 1.807) is 18.5 Å². The molecule has 2 N–H and O–H groups in total. The molecule has 6 heteroatoms. The molecule has 0 bridgehead atoms. The quantitative estimate of drug-likeness (QED) is 0.914. The lowest BCUT2D eigenvalue weighted by Crippen LogP contribution is -2.06. The zero-order chi connectivity index (χ0) is 12.4. The van der Waals surface area contributed by atoms with Gasteiger partial charge in [0.05, 0.1) is 5.56 Å². The number of nitrogen functional groups attached to an aromatic ring is 1. The van der Waals surface area contributed by atoms with Crippen molar-refractivity contribution in [3.8, 4) is 11.5 Å². The molecule has 1 aliphatic carbocycles. The number of halogens is 1. The first kappa shape index (κ1) is 13.8. The highest BCUT2D eigenvalue weighted by molar-refractivity contribution is 5.85. The third kappa shape index (κ3) is 2.87. The Balaban J connectivity index is 0.00000133. The van der Waals surface area contributed by atoms with Gasteiger partial charge in [-0.25, -0.2) is 0 Å². The molecule has 1 fully saturated rings. The lowest BCUT2D eigenvalue weighted by atomic mass is 9.89. The normalized spacial score (nSPS) is 16.0. The van der Waals surface area contributed by atoms with E-state index in [0.29, 0.717) is 23.1 Å². The Morgan fingerprint density at radius 1 is 1.21 bits per heavy atom. The minimum absolute atomic E-state index is 0. The molecule has 102 valence electrons. The van der Waals surface area contributed by atoms with Gasteiger partial charge in [0, 0.05) is 24.0 Å². The van der Waals surface area contributed by atoms with Crippen LogP contribution in [0.1, 0.15) is 43.8 Å². The number of pyridine rings is 1. The second kappa shape index (κ2) is 6.02. The predicted molar refractivity (Wildman–Crippen MR) is 75.0 cm³/mol. The van der Waals surface area contributed by atoms with Crippen LogP contribution in [0.15, 0.2) is 23.0 Å². The minimum Gasteiger partial charge on any atom is -0.398 e. The number of nitrogens with two attached hydrogens (primary N) is 1. The zero-order valence-electron chi connectivity index (χ0n) is 10.6. The maximum absolute atomic E-state index is 5.87. The summed E-state index contributed by atoms with van der Waals surface area (Å²) in [6.07, 6.45) is 9.44. The molecule has 2 heterocycles. The van der Waals surface area contributed by atoms with Crippen LogP contribution in [-0.4, -0.2) is 15.1 Å². The first-order chi connectivity index (χ1) is 8.84. The Morgan fingerprint density at radius 2 is 2.00 bits per heavy atom. The Labute approximate surface area is 118 Å². The summed E-state index contributed by atoms with van der Waals surface area (Å²) in [6.45, 7) is 0. The molecule has 1 aliphatic rings. The fraction of sp³-hybridized carbons (Fsp3) is 0.462. The van der Waals surface area contributed by atoms with Crippen molar-refractivity contribution < 1.29 is 4.52 Å². The summed E-state index contributed by atoms with van der Waals surface area (Å²) < 4.78 is 5.30. The summed E-state index contributed by atoms with van der Waals surface area (Å²) in [5.74, 6) is 1.73. The van der Waals surface area contributed by atoms with Crippen molar-refractivity contribution in [2.45, 2.75) is 38.0 Å². The maximum Gasteiger partial charge on any atom is 0.261 e. The standard InChI is InChI=1S/C13H16N4O.ClH/c14-11-6-7-15-8-10(11)13-16-12(17-18-13)9-4-2-1-3-5-9;/h6-9H,1-5H2,(H2,14,15);1H. The molecule has 0 aliphatic heterocycles. The van der Waals surface area contributed by atoms with Gasteiger partial charge >= 0.3 is 0 Å². The molecule has 0 saturated heterocycles. The van der Waals surface area contributed by atoms with Crippen LogP contribution in [0.5, 0.6) is 0 Å². The van der Waals surface area contributed by atoms with E-state index in [2.05, 4.69) is 15.1 Å². The molecule has 19 heavy (non-hydrogen) atoms. The molecule has 0 aromatic carbocycles. The highest BCUT2D eigenvalue weighted by atomic mass is 35.5. The summed E-state index contributed by atoms with van der Waals surface area (Å²) in [4.78, 5) is 8.50. The maximum atomic E-state index is 5.87. The largest absolute Gasteiger partial charge is 0.398 e. The van der Waals surface area contributed by atoms with Crippen molar-refractivity contribution in [2.75, 3.05) is 5.73 Å². The monoisotopic (exact) mass is 280 g/mol. The van der Waals surface area contributed by atoms with E-state index in [0.717, 1.165) is 18.7 Å². The average molecular weight is 281 g/mol. The Hall–Kier alpha value is -1.62. The van der Waals surface area contributed by atoms with Gasteiger partial charge in [0.15, 0.2) is 5.82 Å². The molecule has 5 nitrogen and oxygen atoms in total. The molecule has 3 rings (SSSR count). The van der Waals surface area contributed by atoms with Crippen LogP contribution in [0.2, 0.25) is 0 Å². The molecule has 0 atom stereocenters. The van der Waals surface area contributed by atoms with Gasteiger partial charge in [-0.2, -0.15) is 4.98 Å². The van der Waals surface area contributed by atoms with E-state index < -0.39 is 0 Å². The van der Waals surface area contributed by atoms with E-state index in [1.807, 2.05) is 0 Å². The molecule has 0 unspecified atom stereocenters. The topological polar surface area (TPSA) is 77.8 Å². The SMILES string of the molecule is Cl.Nc1ccncc1-c1nc(C2CCCCC2)no1. The van der Waals surface area contributed by atoms with Crippen molar-refractivity contribution in [3.63, 3.8) is 0 Å². The van der Waals surface area contributed by atoms with E-state index in [-0.39, 0.29) is 12.4 Å². The molecule has 0 spiro atoms. The molecular formula is C13H17ClN4O. The Bertz CT molecular complexity index is 537. The van der Waals surface area contributed by atoms with Crippen molar-refractivity contribution in [1.82, 2.24) is 15.1 Å². The van der Waals surface area contributed by atoms with Gasteiger partial charge < -0.3 is 10.3 Å². The van der Waals surface area contributed by atoms with Gasteiger partial charge in [-0.1, -0.05) is 24.4 Å². The average Bonchev–Trinajstić information content (AvgIpc) is 2.90. The smallest absolute Gasteiger partial charge is 0.261 e. The van der Waals surface area contributed by atoms with Crippen LogP contribution in [-0.2, 0) is 0 Å². The van der Waals surface area contributed by atoms with E-state index in [4.69, 9.17) is 10.3 Å². The van der Waals surface area contributed by atoms with Crippen LogP contribution >= 0.6 is 12.4 Å². The third-order valence-corrected chi connectivity index (χ3v) is 3.50. The van der Waals surface area contributed by atoms with Gasteiger partial charge in [0.25, 0.3) is 5.89 Å². The van der Waals surface area contributed by atoms with Gasteiger partial charge in [0.2, 0.25) is 0 Å². The summed E-state index contributed by atoms with van der Waals surface area (Å²) in [6, 6.07) is 1.74. The van der Waals surface area contributed by atoms with Gasteiger partial charge in [-0.15, -0.1) is 12.4 Å². The van der Waals surface area contributed by atoms with Crippen LogP contribution < -0.4 is 5.73 Å². The highest BCUT2D eigenvalue weighted by Gasteiger charge is 2.21. The summed E-state index contributed by atoms with van der Waals surface area (Å²) in [5.41, 5.74) is 7.20. The Kier molecular flexibility index (Phi) is 4.37. The fourth-order valence-electron chi connectivity index (χ4n) is 2.45. The molecular weight excluding hydrogens is 264 g/mol. The van der Waals surface area contributed by atoms with Gasteiger partial charge in [0.1, 0.15) is 0 Å². The van der Waals surface area contributed by atoms with Gasteiger partial charge in [-0.3, -0.25) is 4.98 Å². The minimum atomic E-state index is 0. The number of hydrogen-bond donors (Lipinski definition) is 1. The summed E-state index contributed by atoms with van der Waals surface area (Å²) in [7, 11) is 0. The second-order valence-electron chi connectivity index (χ2n) is 4.76. The molecule has 0 radical (unpaired) electrons. The first-order valence-corrected chi connectivity index (χ1v) is 6.38.